The summed E-state index contributed by atoms with van der Waals surface area (Å²) in [7, 11) is 0. The second-order valence-electron chi connectivity index (χ2n) is 3.92. The van der Waals surface area contributed by atoms with E-state index in [-0.39, 0.29) is 6.61 Å². The first-order chi connectivity index (χ1) is 9.13. The highest BCUT2D eigenvalue weighted by molar-refractivity contribution is 9.11. The van der Waals surface area contributed by atoms with Crippen LogP contribution in [-0.2, 0) is 19.6 Å². The van der Waals surface area contributed by atoms with E-state index in [0.29, 0.717) is 6.61 Å². The molecule has 0 saturated carbocycles. The molecule has 0 amide bonds. The number of ether oxygens (including phenoxy) is 1. The second-order valence-corrected chi connectivity index (χ2v) is 6.57. The van der Waals surface area contributed by atoms with Crippen molar-refractivity contribution in [3.05, 3.63) is 42.7 Å². The molecule has 2 aromatic rings. The van der Waals surface area contributed by atoms with E-state index in [0.717, 1.165) is 37.4 Å². The fraction of sp³-hybridized carbons (Fsp3) is 0.308. The highest BCUT2D eigenvalue weighted by atomic mass is 79.9. The summed E-state index contributed by atoms with van der Waals surface area (Å²) in [5.41, 5.74) is 1.76. The maximum atomic E-state index is 9.12. The Morgan fingerprint density at radius 1 is 1.32 bits per heavy atom. The van der Waals surface area contributed by atoms with Crippen molar-refractivity contribution in [2.24, 2.45) is 0 Å². The van der Waals surface area contributed by atoms with Crippen LogP contribution in [0, 0.1) is 0 Å². The van der Waals surface area contributed by atoms with Crippen LogP contribution in [0.4, 0.5) is 0 Å². The molecule has 1 N–H and O–H groups in total. The third-order valence-corrected chi connectivity index (χ3v) is 4.73. The van der Waals surface area contributed by atoms with Gasteiger partial charge in [-0.25, -0.2) is 4.98 Å². The second kappa shape index (κ2) is 6.83. The average Bonchev–Trinajstić information content (AvgIpc) is 2.85. The largest absolute Gasteiger partial charge is 0.485 e. The number of rotatable bonds is 5. The lowest BCUT2D eigenvalue weighted by Gasteiger charge is -2.10. The molecule has 2 rings (SSSR count). The lowest BCUT2D eigenvalue weighted by molar-refractivity contribution is 0.279. The van der Waals surface area contributed by atoms with Crippen molar-refractivity contribution in [3.63, 3.8) is 0 Å². The molecule has 6 heteroatoms. The lowest BCUT2D eigenvalue weighted by atomic mass is 10.2. The summed E-state index contributed by atoms with van der Waals surface area (Å²) in [6, 6.07) is 3.69. The summed E-state index contributed by atoms with van der Waals surface area (Å²) in [5.74, 6) is 0.725. The number of thiazole rings is 1. The Morgan fingerprint density at radius 2 is 2.00 bits per heavy atom. The molecule has 0 aliphatic rings. The Balaban J connectivity index is 2.11. The van der Waals surface area contributed by atoms with Crippen LogP contribution in [0.5, 0.6) is 5.75 Å². The zero-order valence-corrected chi connectivity index (χ0v) is 14.3. The summed E-state index contributed by atoms with van der Waals surface area (Å²) in [4.78, 5) is 4.46. The van der Waals surface area contributed by atoms with Crippen LogP contribution in [0.15, 0.2) is 26.5 Å². The van der Waals surface area contributed by atoms with Crippen molar-refractivity contribution in [2.75, 3.05) is 0 Å². The Kier molecular flexibility index (Phi) is 5.38. The number of aliphatic hydroxyl groups excluding tert-OH is 1. The molecule has 19 heavy (non-hydrogen) atoms. The van der Waals surface area contributed by atoms with Crippen molar-refractivity contribution >= 4 is 43.2 Å². The normalized spacial score (nSPS) is 10.7. The van der Waals surface area contributed by atoms with Crippen LogP contribution < -0.4 is 4.74 Å². The van der Waals surface area contributed by atoms with E-state index < -0.39 is 0 Å². The zero-order chi connectivity index (χ0) is 13.8. The molecule has 102 valence electrons. The molecule has 0 fully saturated rings. The third-order valence-electron chi connectivity index (χ3n) is 2.51. The molecule has 0 bridgehead atoms. The average molecular weight is 407 g/mol. The molecular formula is C13H13Br2NO2S. The third kappa shape index (κ3) is 3.78. The van der Waals surface area contributed by atoms with Gasteiger partial charge in [0.05, 0.1) is 26.3 Å². The van der Waals surface area contributed by atoms with Crippen LogP contribution in [-0.4, -0.2) is 10.1 Å². The van der Waals surface area contributed by atoms with Crippen LogP contribution >= 0.6 is 43.2 Å². The quantitative estimate of drug-likeness (QED) is 0.804. The number of aliphatic hydroxyl groups is 1. The summed E-state index contributed by atoms with van der Waals surface area (Å²) in [5, 5.41) is 12.3. The van der Waals surface area contributed by atoms with E-state index in [1.807, 2.05) is 17.5 Å². The van der Waals surface area contributed by atoms with E-state index >= 15 is 0 Å². The van der Waals surface area contributed by atoms with Crippen LogP contribution in [0.1, 0.15) is 23.2 Å². The van der Waals surface area contributed by atoms with Gasteiger partial charge in [-0.05, 0) is 56.0 Å². The predicted molar refractivity (Wildman–Crippen MR) is 83.6 cm³/mol. The molecule has 1 aromatic heterocycles. The van der Waals surface area contributed by atoms with Gasteiger partial charge in [-0.3, -0.25) is 0 Å². The van der Waals surface area contributed by atoms with Crippen molar-refractivity contribution in [1.82, 2.24) is 4.98 Å². The highest BCUT2D eigenvalue weighted by Gasteiger charge is 2.10. The van der Waals surface area contributed by atoms with E-state index in [2.05, 4.69) is 43.8 Å². The van der Waals surface area contributed by atoms with Crippen LogP contribution in [0.25, 0.3) is 0 Å². The van der Waals surface area contributed by atoms with Crippen molar-refractivity contribution in [3.8, 4) is 5.75 Å². The van der Waals surface area contributed by atoms with Crippen molar-refractivity contribution in [1.29, 1.82) is 0 Å². The summed E-state index contributed by atoms with van der Waals surface area (Å²) in [6.45, 7) is 2.53. The van der Waals surface area contributed by atoms with Gasteiger partial charge in [-0.2, -0.15) is 0 Å². The number of benzene rings is 1. The van der Waals surface area contributed by atoms with Gasteiger partial charge in [0.25, 0.3) is 0 Å². The fourth-order valence-electron chi connectivity index (χ4n) is 1.57. The monoisotopic (exact) mass is 405 g/mol. The molecule has 0 atom stereocenters. The van der Waals surface area contributed by atoms with Gasteiger partial charge >= 0.3 is 0 Å². The number of hydrogen-bond acceptors (Lipinski definition) is 4. The van der Waals surface area contributed by atoms with Gasteiger partial charge in [-0.1, -0.05) is 6.92 Å². The molecule has 0 aliphatic heterocycles. The lowest BCUT2D eigenvalue weighted by Crippen LogP contribution is -1.98. The minimum absolute atomic E-state index is 0.00340. The molecule has 0 saturated heterocycles. The first-order valence-corrected chi connectivity index (χ1v) is 8.25. The van der Waals surface area contributed by atoms with Gasteiger partial charge in [0.2, 0.25) is 0 Å². The maximum Gasteiger partial charge on any atom is 0.148 e. The molecule has 1 heterocycles. The Hall–Kier alpha value is -0.430. The van der Waals surface area contributed by atoms with Crippen molar-refractivity contribution < 1.29 is 9.84 Å². The molecule has 0 aliphatic carbocycles. The van der Waals surface area contributed by atoms with Gasteiger partial charge in [0.15, 0.2) is 0 Å². The van der Waals surface area contributed by atoms with E-state index in [9.17, 15) is 0 Å². The number of aryl methyl sites for hydroxylation is 1. The molecule has 3 nitrogen and oxygen atoms in total. The molecule has 0 radical (unpaired) electrons. The molecule has 1 aromatic carbocycles. The summed E-state index contributed by atoms with van der Waals surface area (Å²) in [6.07, 6.45) is 0.948. The number of aromatic nitrogens is 1. The van der Waals surface area contributed by atoms with Gasteiger partial charge in [-0.15, -0.1) is 11.3 Å². The van der Waals surface area contributed by atoms with E-state index in [1.165, 1.54) is 0 Å². The van der Waals surface area contributed by atoms with Crippen molar-refractivity contribution in [2.45, 2.75) is 26.6 Å². The maximum absolute atomic E-state index is 9.12. The first-order valence-electron chi connectivity index (χ1n) is 5.79. The Morgan fingerprint density at radius 3 is 2.53 bits per heavy atom. The minimum Gasteiger partial charge on any atom is -0.485 e. The van der Waals surface area contributed by atoms with Gasteiger partial charge in [0.1, 0.15) is 12.4 Å². The summed E-state index contributed by atoms with van der Waals surface area (Å²) >= 11 is 8.55. The van der Waals surface area contributed by atoms with E-state index in [1.54, 1.807) is 11.3 Å². The highest BCUT2D eigenvalue weighted by Crippen LogP contribution is 2.35. The summed E-state index contributed by atoms with van der Waals surface area (Å²) < 4.78 is 7.41. The number of hydrogen-bond donors (Lipinski definition) is 1. The Bertz CT molecular complexity index is 549. The smallest absolute Gasteiger partial charge is 0.148 e. The standard InChI is InChI=1S/C13H13Br2NO2S/c1-2-12-16-9(7-19-12)6-18-13-10(14)3-8(5-17)4-11(13)15/h3-4,7,17H,2,5-6H2,1H3. The zero-order valence-electron chi connectivity index (χ0n) is 10.3. The molecular weight excluding hydrogens is 394 g/mol. The predicted octanol–water partition coefficient (Wildman–Crippen LogP) is 4.30. The van der Waals surface area contributed by atoms with Crippen LogP contribution in [0.3, 0.4) is 0 Å². The molecule has 0 unspecified atom stereocenters. The van der Waals surface area contributed by atoms with Gasteiger partial charge in [0, 0.05) is 5.38 Å². The topological polar surface area (TPSA) is 42.4 Å². The molecule has 0 spiro atoms. The first kappa shape index (κ1) is 15.0. The fourth-order valence-corrected chi connectivity index (χ4v) is 3.80. The number of nitrogens with zero attached hydrogens (tertiary/aromatic N) is 1. The van der Waals surface area contributed by atoms with E-state index in [4.69, 9.17) is 9.84 Å². The Labute approximate surface area is 132 Å². The van der Waals surface area contributed by atoms with Gasteiger partial charge < -0.3 is 9.84 Å². The minimum atomic E-state index is 0.00340. The van der Waals surface area contributed by atoms with Crippen LogP contribution in [0.2, 0.25) is 0 Å². The SMILES string of the molecule is CCc1nc(COc2c(Br)cc(CO)cc2Br)cs1. The number of halogens is 2.